The molecule has 0 aliphatic heterocycles. The minimum Gasteiger partial charge on any atom is -0.309 e. The fraction of sp³-hybridized carbons (Fsp3) is 0.412. The molecule has 1 heterocycles. The van der Waals surface area contributed by atoms with Crippen LogP contribution in [0.3, 0.4) is 0 Å². The van der Waals surface area contributed by atoms with E-state index in [2.05, 4.69) is 35.6 Å². The highest BCUT2D eigenvalue weighted by Crippen LogP contribution is 2.32. The molecule has 0 saturated heterocycles. The Bertz CT molecular complexity index is 595. The van der Waals surface area contributed by atoms with Crippen LogP contribution in [0.2, 0.25) is 0 Å². The molecule has 19 heavy (non-hydrogen) atoms. The highest BCUT2D eigenvalue weighted by atomic mass is 32.1. The first-order chi connectivity index (χ1) is 9.38. The largest absolute Gasteiger partial charge is 0.309 e. The van der Waals surface area contributed by atoms with E-state index < -0.39 is 0 Å². The van der Waals surface area contributed by atoms with Crippen LogP contribution in [0.4, 0.5) is 0 Å². The van der Waals surface area contributed by atoms with Gasteiger partial charge in [-0.25, -0.2) is 0 Å². The van der Waals surface area contributed by atoms with Gasteiger partial charge in [0.15, 0.2) is 0 Å². The Morgan fingerprint density at radius 2 is 1.95 bits per heavy atom. The Kier molecular flexibility index (Phi) is 2.93. The molecular weight excluding hydrogens is 250 g/mol. The molecule has 0 unspecified atom stereocenters. The van der Waals surface area contributed by atoms with Crippen molar-refractivity contribution in [2.75, 3.05) is 0 Å². The molecular formula is C17H19NS. The van der Waals surface area contributed by atoms with Gasteiger partial charge in [0.25, 0.3) is 0 Å². The molecule has 1 N–H and O–H groups in total. The van der Waals surface area contributed by atoms with Gasteiger partial charge in [-0.15, -0.1) is 11.3 Å². The van der Waals surface area contributed by atoms with Gasteiger partial charge in [-0.3, -0.25) is 0 Å². The lowest BCUT2D eigenvalue weighted by Crippen LogP contribution is -2.14. The lowest BCUT2D eigenvalue weighted by atomic mass is 10.1. The van der Waals surface area contributed by atoms with Crippen molar-refractivity contribution in [1.29, 1.82) is 0 Å². The molecule has 4 rings (SSSR count). The van der Waals surface area contributed by atoms with Gasteiger partial charge in [-0.1, -0.05) is 18.2 Å². The van der Waals surface area contributed by atoms with E-state index in [1.807, 2.05) is 11.3 Å². The molecule has 2 aliphatic carbocycles. The standard InChI is InChI=1S/C17H19NS/c1-2-12-4-5-14(10-13(12)3-1)17-9-8-16(19-17)11-18-15-6-7-15/h4-5,8-10,15,18H,1-3,6-7,11H2. The Hall–Kier alpha value is -1.12. The first kappa shape index (κ1) is 11.7. The van der Waals surface area contributed by atoms with Gasteiger partial charge >= 0.3 is 0 Å². The van der Waals surface area contributed by atoms with Crippen LogP contribution in [0.25, 0.3) is 10.4 Å². The molecule has 2 aliphatic rings. The Balaban J connectivity index is 1.54. The van der Waals surface area contributed by atoms with E-state index in [4.69, 9.17) is 0 Å². The third-order valence-electron chi connectivity index (χ3n) is 4.19. The second-order valence-electron chi connectivity index (χ2n) is 5.76. The third kappa shape index (κ3) is 2.47. The van der Waals surface area contributed by atoms with Gasteiger partial charge in [-0.2, -0.15) is 0 Å². The molecule has 0 atom stereocenters. The topological polar surface area (TPSA) is 12.0 Å². The maximum Gasteiger partial charge on any atom is 0.0346 e. The normalized spacial score (nSPS) is 17.7. The molecule has 1 aromatic heterocycles. The molecule has 1 fully saturated rings. The molecule has 0 spiro atoms. The number of rotatable bonds is 4. The zero-order chi connectivity index (χ0) is 12.7. The second kappa shape index (κ2) is 4.77. The zero-order valence-corrected chi connectivity index (χ0v) is 11.9. The molecule has 1 nitrogen and oxygen atoms in total. The number of hydrogen-bond donors (Lipinski definition) is 1. The monoisotopic (exact) mass is 269 g/mol. The fourth-order valence-electron chi connectivity index (χ4n) is 2.89. The van der Waals surface area contributed by atoms with Crippen molar-refractivity contribution >= 4 is 11.3 Å². The highest BCUT2D eigenvalue weighted by Gasteiger charge is 2.20. The SMILES string of the molecule is c1cc2c(cc1-c1ccc(CNC3CC3)s1)CCC2. The van der Waals surface area contributed by atoms with Crippen molar-refractivity contribution in [3.8, 4) is 10.4 Å². The van der Waals surface area contributed by atoms with Crippen LogP contribution >= 0.6 is 11.3 Å². The van der Waals surface area contributed by atoms with Gasteiger partial charge in [0, 0.05) is 22.3 Å². The van der Waals surface area contributed by atoms with Crippen LogP contribution in [0.5, 0.6) is 0 Å². The van der Waals surface area contributed by atoms with Gasteiger partial charge in [0.1, 0.15) is 0 Å². The summed E-state index contributed by atoms with van der Waals surface area (Å²) in [4.78, 5) is 2.88. The maximum atomic E-state index is 3.59. The molecule has 98 valence electrons. The Morgan fingerprint density at radius 3 is 2.84 bits per heavy atom. The quantitative estimate of drug-likeness (QED) is 0.879. The van der Waals surface area contributed by atoms with Crippen LogP contribution in [0.15, 0.2) is 30.3 Å². The summed E-state index contributed by atoms with van der Waals surface area (Å²) in [7, 11) is 0. The van der Waals surface area contributed by atoms with Gasteiger partial charge in [0.2, 0.25) is 0 Å². The molecule has 1 saturated carbocycles. The minimum atomic E-state index is 0.797. The van der Waals surface area contributed by atoms with Crippen molar-refractivity contribution in [2.45, 2.75) is 44.7 Å². The Morgan fingerprint density at radius 1 is 1.05 bits per heavy atom. The van der Waals surface area contributed by atoms with E-state index in [9.17, 15) is 0 Å². The summed E-state index contributed by atoms with van der Waals surface area (Å²) in [5.74, 6) is 0. The number of aryl methyl sites for hydroxylation is 2. The number of benzene rings is 1. The highest BCUT2D eigenvalue weighted by molar-refractivity contribution is 7.15. The average Bonchev–Trinajstić information content (AvgIpc) is 2.96. The zero-order valence-electron chi connectivity index (χ0n) is 11.1. The number of nitrogens with one attached hydrogen (secondary N) is 1. The van der Waals surface area contributed by atoms with Crippen LogP contribution in [-0.4, -0.2) is 6.04 Å². The second-order valence-corrected chi connectivity index (χ2v) is 6.93. The van der Waals surface area contributed by atoms with Crippen LogP contribution in [0.1, 0.15) is 35.3 Å². The van der Waals surface area contributed by atoms with Crippen LogP contribution in [-0.2, 0) is 19.4 Å². The lowest BCUT2D eigenvalue weighted by molar-refractivity contribution is 0.695. The van der Waals surface area contributed by atoms with E-state index in [-0.39, 0.29) is 0 Å². The summed E-state index contributed by atoms with van der Waals surface area (Å²) < 4.78 is 0. The summed E-state index contributed by atoms with van der Waals surface area (Å²) in [5.41, 5.74) is 4.54. The summed E-state index contributed by atoms with van der Waals surface area (Å²) >= 11 is 1.94. The van der Waals surface area contributed by atoms with Gasteiger partial charge in [0.05, 0.1) is 0 Å². The van der Waals surface area contributed by atoms with E-state index in [1.54, 1.807) is 11.1 Å². The third-order valence-corrected chi connectivity index (χ3v) is 5.32. The average molecular weight is 269 g/mol. The molecule has 2 heteroatoms. The molecule has 0 bridgehead atoms. The molecule has 0 amide bonds. The van der Waals surface area contributed by atoms with E-state index in [1.165, 1.54) is 47.4 Å². The number of hydrogen-bond acceptors (Lipinski definition) is 2. The lowest BCUT2D eigenvalue weighted by Gasteiger charge is -2.03. The first-order valence-corrected chi connectivity index (χ1v) is 8.14. The molecule has 0 radical (unpaired) electrons. The minimum absolute atomic E-state index is 0.797. The number of thiophene rings is 1. The molecule has 1 aromatic carbocycles. The fourth-order valence-corrected chi connectivity index (χ4v) is 3.84. The van der Waals surface area contributed by atoms with E-state index in [0.29, 0.717) is 0 Å². The van der Waals surface area contributed by atoms with Crippen LogP contribution in [0, 0.1) is 0 Å². The Labute approximate surface area is 118 Å². The van der Waals surface area contributed by atoms with E-state index >= 15 is 0 Å². The maximum absolute atomic E-state index is 3.59. The summed E-state index contributed by atoms with van der Waals surface area (Å²) in [6, 6.07) is 12.4. The van der Waals surface area contributed by atoms with Crippen LogP contribution < -0.4 is 5.32 Å². The predicted octanol–water partition coefficient (Wildman–Crippen LogP) is 4.16. The summed E-state index contributed by atoms with van der Waals surface area (Å²) in [6.07, 6.45) is 6.60. The predicted molar refractivity (Wildman–Crippen MR) is 81.6 cm³/mol. The van der Waals surface area contributed by atoms with Crippen molar-refractivity contribution in [2.24, 2.45) is 0 Å². The summed E-state index contributed by atoms with van der Waals surface area (Å²) in [5, 5.41) is 3.59. The van der Waals surface area contributed by atoms with Crippen molar-refractivity contribution in [3.63, 3.8) is 0 Å². The van der Waals surface area contributed by atoms with Crippen molar-refractivity contribution in [3.05, 3.63) is 46.3 Å². The van der Waals surface area contributed by atoms with Gasteiger partial charge < -0.3 is 5.32 Å². The summed E-state index contributed by atoms with van der Waals surface area (Å²) in [6.45, 7) is 1.04. The number of fused-ring (bicyclic) bond motifs is 1. The van der Waals surface area contributed by atoms with E-state index in [0.717, 1.165) is 12.6 Å². The van der Waals surface area contributed by atoms with Gasteiger partial charge in [-0.05, 0) is 60.9 Å². The van der Waals surface area contributed by atoms with Crippen molar-refractivity contribution < 1.29 is 0 Å². The molecule has 2 aromatic rings. The smallest absolute Gasteiger partial charge is 0.0346 e. The van der Waals surface area contributed by atoms with Crippen molar-refractivity contribution in [1.82, 2.24) is 5.32 Å². The first-order valence-electron chi connectivity index (χ1n) is 7.33.